The third-order valence-electron chi connectivity index (χ3n) is 1.82. The average molecular weight is 172 g/mol. The van der Waals surface area contributed by atoms with Gasteiger partial charge in [0, 0.05) is 11.3 Å². The van der Waals surface area contributed by atoms with Crippen LogP contribution in [-0.2, 0) is 0 Å². The standard InChI is InChI=1S/C11H12N2/c1-9(8-12)10(2)13-11-6-4-3-5-7-11/h3-7,10,13H,1H2,2H3. The van der Waals surface area contributed by atoms with E-state index < -0.39 is 0 Å². The maximum Gasteiger partial charge on any atom is 0.0962 e. The molecule has 0 heterocycles. The molecule has 0 amide bonds. The number of nitrogens with one attached hydrogen (secondary N) is 1. The van der Waals surface area contributed by atoms with Crippen molar-refractivity contribution in [3.05, 3.63) is 42.5 Å². The van der Waals surface area contributed by atoms with Gasteiger partial charge in [0.1, 0.15) is 0 Å². The summed E-state index contributed by atoms with van der Waals surface area (Å²) in [6, 6.07) is 11.8. The Balaban J connectivity index is 2.61. The number of nitriles is 1. The first-order chi connectivity index (χ1) is 6.24. The van der Waals surface area contributed by atoms with E-state index in [1.54, 1.807) is 0 Å². The normalized spacial score (nSPS) is 11.4. The van der Waals surface area contributed by atoms with Crippen LogP contribution in [-0.4, -0.2) is 6.04 Å². The lowest BCUT2D eigenvalue weighted by molar-refractivity contribution is 0.961. The van der Waals surface area contributed by atoms with Gasteiger partial charge in [-0.2, -0.15) is 5.26 Å². The van der Waals surface area contributed by atoms with Gasteiger partial charge in [-0.3, -0.25) is 0 Å². The summed E-state index contributed by atoms with van der Waals surface area (Å²) in [4.78, 5) is 0. The molecule has 0 spiro atoms. The van der Waals surface area contributed by atoms with Gasteiger partial charge in [0.05, 0.1) is 12.1 Å². The molecule has 0 aliphatic heterocycles. The first-order valence-corrected chi connectivity index (χ1v) is 4.14. The molecular weight excluding hydrogens is 160 g/mol. The number of hydrogen-bond donors (Lipinski definition) is 1. The second-order valence-corrected chi connectivity index (χ2v) is 2.87. The topological polar surface area (TPSA) is 35.8 Å². The van der Waals surface area contributed by atoms with E-state index in [1.807, 2.05) is 43.3 Å². The lowest BCUT2D eigenvalue weighted by Gasteiger charge is -2.12. The van der Waals surface area contributed by atoms with Gasteiger partial charge in [0.15, 0.2) is 0 Å². The number of anilines is 1. The summed E-state index contributed by atoms with van der Waals surface area (Å²) in [6.45, 7) is 5.56. The van der Waals surface area contributed by atoms with E-state index in [0.717, 1.165) is 5.69 Å². The van der Waals surface area contributed by atoms with E-state index >= 15 is 0 Å². The van der Waals surface area contributed by atoms with Crippen LogP contribution in [0.15, 0.2) is 42.5 Å². The van der Waals surface area contributed by atoms with E-state index in [9.17, 15) is 0 Å². The summed E-state index contributed by atoms with van der Waals surface area (Å²) in [7, 11) is 0. The van der Waals surface area contributed by atoms with Crippen molar-refractivity contribution in [2.24, 2.45) is 0 Å². The number of hydrogen-bond acceptors (Lipinski definition) is 2. The van der Waals surface area contributed by atoms with Crippen molar-refractivity contribution in [1.29, 1.82) is 5.26 Å². The smallest absolute Gasteiger partial charge is 0.0962 e. The Morgan fingerprint density at radius 1 is 1.46 bits per heavy atom. The summed E-state index contributed by atoms with van der Waals surface area (Å²) in [5.41, 5.74) is 1.55. The van der Waals surface area contributed by atoms with Gasteiger partial charge in [-0.1, -0.05) is 24.8 Å². The Labute approximate surface area is 78.5 Å². The van der Waals surface area contributed by atoms with Gasteiger partial charge in [-0.05, 0) is 19.1 Å². The lowest BCUT2D eigenvalue weighted by atomic mass is 10.1. The summed E-state index contributed by atoms with van der Waals surface area (Å²) in [6.07, 6.45) is 0. The third-order valence-corrected chi connectivity index (χ3v) is 1.82. The number of benzene rings is 1. The Kier molecular flexibility index (Phi) is 3.10. The number of nitrogens with zero attached hydrogens (tertiary/aromatic N) is 1. The Morgan fingerprint density at radius 3 is 2.62 bits per heavy atom. The Hall–Kier alpha value is -1.75. The van der Waals surface area contributed by atoms with Gasteiger partial charge in [-0.25, -0.2) is 0 Å². The monoisotopic (exact) mass is 172 g/mol. The van der Waals surface area contributed by atoms with Gasteiger partial charge in [0.2, 0.25) is 0 Å². The molecule has 0 radical (unpaired) electrons. The van der Waals surface area contributed by atoms with E-state index in [1.165, 1.54) is 0 Å². The Bertz CT molecular complexity index is 322. The second-order valence-electron chi connectivity index (χ2n) is 2.87. The van der Waals surface area contributed by atoms with Crippen molar-refractivity contribution in [2.45, 2.75) is 13.0 Å². The molecule has 0 saturated carbocycles. The van der Waals surface area contributed by atoms with E-state index in [2.05, 4.69) is 11.9 Å². The largest absolute Gasteiger partial charge is 0.378 e. The molecule has 1 atom stereocenters. The molecule has 1 aromatic rings. The molecule has 0 saturated heterocycles. The fourth-order valence-electron chi connectivity index (χ4n) is 0.968. The van der Waals surface area contributed by atoms with Crippen LogP contribution in [0, 0.1) is 11.3 Å². The summed E-state index contributed by atoms with van der Waals surface area (Å²) < 4.78 is 0. The lowest BCUT2D eigenvalue weighted by Crippen LogP contribution is -2.16. The molecular formula is C11H12N2. The van der Waals surface area contributed by atoms with Crippen molar-refractivity contribution >= 4 is 5.69 Å². The predicted molar refractivity (Wildman–Crippen MR) is 54.3 cm³/mol. The van der Waals surface area contributed by atoms with Gasteiger partial charge in [0.25, 0.3) is 0 Å². The quantitative estimate of drug-likeness (QED) is 0.711. The highest BCUT2D eigenvalue weighted by molar-refractivity contribution is 5.46. The molecule has 1 aromatic carbocycles. The van der Waals surface area contributed by atoms with Crippen LogP contribution in [0.5, 0.6) is 0 Å². The zero-order valence-electron chi connectivity index (χ0n) is 7.62. The van der Waals surface area contributed by atoms with Crippen LogP contribution in [0.25, 0.3) is 0 Å². The molecule has 2 heteroatoms. The van der Waals surface area contributed by atoms with Crippen LogP contribution in [0.2, 0.25) is 0 Å². The van der Waals surface area contributed by atoms with Crippen LogP contribution < -0.4 is 5.32 Å². The number of para-hydroxylation sites is 1. The first-order valence-electron chi connectivity index (χ1n) is 4.14. The molecule has 66 valence electrons. The zero-order chi connectivity index (χ0) is 9.68. The minimum atomic E-state index is -0.00704. The third kappa shape index (κ3) is 2.64. The number of rotatable bonds is 3. The van der Waals surface area contributed by atoms with Gasteiger partial charge in [-0.15, -0.1) is 0 Å². The summed E-state index contributed by atoms with van der Waals surface area (Å²) in [5.74, 6) is 0. The Morgan fingerprint density at radius 2 is 2.08 bits per heavy atom. The molecule has 2 nitrogen and oxygen atoms in total. The van der Waals surface area contributed by atoms with Crippen LogP contribution >= 0.6 is 0 Å². The zero-order valence-corrected chi connectivity index (χ0v) is 7.62. The van der Waals surface area contributed by atoms with Crippen molar-refractivity contribution < 1.29 is 0 Å². The van der Waals surface area contributed by atoms with Crippen LogP contribution in [0.4, 0.5) is 5.69 Å². The molecule has 1 unspecified atom stereocenters. The molecule has 1 N–H and O–H groups in total. The van der Waals surface area contributed by atoms with E-state index in [0.29, 0.717) is 5.57 Å². The highest BCUT2D eigenvalue weighted by atomic mass is 14.9. The van der Waals surface area contributed by atoms with Crippen molar-refractivity contribution in [3.63, 3.8) is 0 Å². The van der Waals surface area contributed by atoms with Crippen molar-refractivity contribution in [2.75, 3.05) is 5.32 Å². The van der Waals surface area contributed by atoms with E-state index in [-0.39, 0.29) is 6.04 Å². The van der Waals surface area contributed by atoms with Gasteiger partial charge >= 0.3 is 0 Å². The van der Waals surface area contributed by atoms with Crippen LogP contribution in [0.1, 0.15) is 6.92 Å². The summed E-state index contributed by atoms with van der Waals surface area (Å²) >= 11 is 0. The van der Waals surface area contributed by atoms with Crippen molar-refractivity contribution in [3.8, 4) is 6.07 Å². The minimum Gasteiger partial charge on any atom is -0.378 e. The minimum absolute atomic E-state index is 0.00704. The first kappa shape index (κ1) is 9.34. The SMILES string of the molecule is C=C(C#N)C(C)Nc1ccccc1. The molecule has 0 aliphatic carbocycles. The molecule has 0 bridgehead atoms. The predicted octanol–water partition coefficient (Wildman–Crippen LogP) is 2.57. The maximum absolute atomic E-state index is 8.59. The molecule has 0 aliphatic rings. The molecule has 0 fully saturated rings. The van der Waals surface area contributed by atoms with E-state index in [4.69, 9.17) is 5.26 Å². The average Bonchev–Trinajstić information content (AvgIpc) is 2.18. The molecule has 1 rings (SSSR count). The highest BCUT2D eigenvalue weighted by Crippen LogP contribution is 2.09. The van der Waals surface area contributed by atoms with Gasteiger partial charge < -0.3 is 5.32 Å². The second kappa shape index (κ2) is 4.32. The fraction of sp³-hybridized carbons (Fsp3) is 0.182. The molecule has 0 aromatic heterocycles. The van der Waals surface area contributed by atoms with Crippen molar-refractivity contribution in [1.82, 2.24) is 0 Å². The molecule has 13 heavy (non-hydrogen) atoms. The summed E-state index contributed by atoms with van der Waals surface area (Å²) in [5, 5.41) is 11.8. The fourth-order valence-corrected chi connectivity index (χ4v) is 0.968. The van der Waals surface area contributed by atoms with Crippen LogP contribution in [0.3, 0.4) is 0 Å². The maximum atomic E-state index is 8.59. The highest BCUT2D eigenvalue weighted by Gasteiger charge is 2.04.